The first kappa shape index (κ1) is 28.0. The highest BCUT2D eigenvalue weighted by atomic mass is 32.1. The topological polar surface area (TPSA) is 44.4 Å². The lowest BCUT2D eigenvalue weighted by Gasteiger charge is -2.31. The van der Waals surface area contributed by atoms with Crippen molar-refractivity contribution < 1.29 is 31.1 Å². The van der Waals surface area contributed by atoms with E-state index in [0.29, 0.717) is 12.1 Å². The molecule has 0 radical (unpaired) electrons. The Morgan fingerprint density at radius 1 is 0.811 bits per heavy atom. The molecule has 196 valence electrons. The van der Waals surface area contributed by atoms with Crippen molar-refractivity contribution in [3.8, 4) is 0 Å². The monoisotopic (exact) mass is 539 g/mol. The molecule has 0 spiro atoms. The fourth-order valence-corrected chi connectivity index (χ4v) is 4.09. The molecule has 3 rings (SSSR count). The van der Waals surface area contributed by atoms with Gasteiger partial charge in [-0.15, -0.1) is 0 Å². The molecular weight excluding hydrogens is 516 g/mol. The number of nitrogens with zero attached hydrogens (tertiary/aromatic N) is 1. The highest BCUT2D eigenvalue weighted by molar-refractivity contribution is 7.80. The predicted octanol–water partition coefficient (Wildman–Crippen LogP) is 6.65. The Hall–Kier alpha value is -3.60. The van der Waals surface area contributed by atoms with Crippen LogP contribution in [0.15, 0.2) is 78.9 Å². The second-order valence-corrected chi connectivity index (χ2v) is 8.70. The van der Waals surface area contributed by atoms with Gasteiger partial charge in [-0.25, -0.2) is 0 Å². The zero-order valence-corrected chi connectivity index (χ0v) is 20.5. The Morgan fingerprint density at radius 3 is 1.65 bits per heavy atom. The molecule has 4 nitrogen and oxygen atoms in total. The van der Waals surface area contributed by atoms with Crippen LogP contribution in [0.5, 0.6) is 0 Å². The van der Waals surface area contributed by atoms with Crippen molar-refractivity contribution in [1.82, 2.24) is 10.2 Å². The molecule has 0 bridgehead atoms. The first-order chi connectivity index (χ1) is 17.3. The van der Waals surface area contributed by atoms with Crippen LogP contribution >= 0.6 is 12.2 Å². The number of likely N-dealkylation sites (N-methyl/N-ethyl adjacent to an activating group) is 1. The number of rotatable bonds is 6. The highest BCUT2D eigenvalue weighted by Crippen LogP contribution is 2.37. The second kappa shape index (κ2) is 11.2. The van der Waals surface area contributed by atoms with Gasteiger partial charge in [-0.3, -0.25) is 4.79 Å². The predicted molar refractivity (Wildman–Crippen MR) is 133 cm³/mol. The molecule has 2 N–H and O–H groups in total. The molecule has 1 atom stereocenters. The summed E-state index contributed by atoms with van der Waals surface area (Å²) in [4.78, 5) is 14.8. The first-order valence-corrected chi connectivity index (χ1v) is 11.4. The van der Waals surface area contributed by atoms with Gasteiger partial charge in [0.1, 0.15) is 6.04 Å². The summed E-state index contributed by atoms with van der Waals surface area (Å²) >= 11 is 5.09. The third-order valence-electron chi connectivity index (χ3n) is 5.53. The Morgan fingerprint density at radius 2 is 1.24 bits per heavy atom. The normalized spacial score (nSPS) is 12.7. The molecule has 0 saturated heterocycles. The van der Waals surface area contributed by atoms with Crippen LogP contribution in [0, 0.1) is 0 Å². The number of halogens is 6. The first-order valence-electron chi connectivity index (χ1n) is 11.0. The third-order valence-corrected chi connectivity index (χ3v) is 5.75. The summed E-state index contributed by atoms with van der Waals surface area (Å²) in [5.74, 6) is -0.401. The number of carbonyl (C=O) groups is 1. The second-order valence-electron chi connectivity index (χ2n) is 8.29. The quantitative estimate of drug-likeness (QED) is 0.272. The van der Waals surface area contributed by atoms with E-state index in [1.165, 1.54) is 11.8 Å². The van der Waals surface area contributed by atoms with Gasteiger partial charge in [0.05, 0.1) is 17.2 Å². The summed E-state index contributed by atoms with van der Waals surface area (Å²) in [6, 6.07) is 18.2. The largest absolute Gasteiger partial charge is 0.416 e. The van der Waals surface area contributed by atoms with Crippen LogP contribution in [0.3, 0.4) is 0 Å². The van der Waals surface area contributed by atoms with Gasteiger partial charge in [0, 0.05) is 12.7 Å². The smallest absolute Gasteiger partial charge is 0.351 e. The van der Waals surface area contributed by atoms with E-state index < -0.39 is 47.2 Å². The number of alkyl halides is 6. The number of benzene rings is 3. The molecule has 11 heteroatoms. The Kier molecular flexibility index (Phi) is 8.47. The van der Waals surface area contributed by atoms with Crippen LogP contribution < -0.4 is 10.6 Å². The lowest BCUT2D eigenvalue weighted by molar-refractivity contribution is -0.143. The van der Waals surface area contributed by atoms with Gasteiger partial charge in [-0.2, -0.15) is 26.3 Å². The van der Waals surface area contributed by atoms with Gasteiger partial charge in [-0.05, 0) is 48.5 Å². The number of amides is 1. The molecule has 0 aliphatic heterocycles. The molecule has 3 aromatic rings. The van der Waals surface area contributed by atoms with E-state index >= 15 is 0 Å². The SMILES string of the molecule is CC(NC(=S)Nc1cc(C(F)(F)F)cc(C(F)(F)F)c1)C(=O)N(C)C(c1ccccc1)c1ccccc1. The average molecular weight is 540 g/mol. The van der Waals surface area contributed by atoms with E-state index in [4.69, 9.17) is 12.2 Å². The molecule has 0 aromatic heterocycles. The van der Waals surface area contributed by atoms with Gasteiger partial charge in [0.15, 0.2) is 5.11 Å². The molecule has 0 aliphatic rings. The Bertz CT molecular complexity index is 1160. The summed E-state index contributed by atoms with van der Waals surface area (Å²) in [5, 5.41) is 4.68. The zero-order valence-electron chi connectivity index (χ0n) is 19.7. The van der Waals surface area contributed by atoms with E-state index in [0.717, 1.165) is 11.1 Å². The van der Waals surface area contributed by atoms with E-state index in [-0.39, 0.29) is 11.2 Å². The summed E-state index contributed by atoms with van der Waals surface area (Å²) in [5.41, 5.74) is -1.78. The zero-order chi connectivity index (χ0) is 27.4. The molecule has 0 saturated carbocycles. The number of carbonyl (C=O) groups excluding carboxylic acids is 1. The molecule has 0 heterocycles. The summed E-state index contributed by atoms with van der Waals surface area (Å²) < 4.78 is 78.8. The molecule has 0 aliphatic carbocycles. The van der Waals surface area contributed by atoms with Crippen molar-refractivity contribution in [2.75, 3.05) is 12.4 Å². The maximum Gasteiger partial charge on any atom is 0.416 e. The molecule has 1 amide bonds. The van der Waals surface area contributed by atoms with Crippen LogP contribution in [-0.2, 0) is 17.1 Å². The van der Waals surface area contributed by atoms with Gasteiger partial charge in [-0.1, -0.05) is 60.7 Å². The molecule has 0 fully saturated rings. The van der Waals surface area contributed by atoms with Gasteiger partial charge >= 0.3 is 12.4 Å². The number of hydrogen-bond donors (Lipinski definition) is 2. The van der Waals surface area contributed by atoms with Crippen molar-refractivity contribution in [2.45, 2.75) is 31.4 Å². The third kappa shape index (κ3) is 7.22. The van der Waals surface area contributed by atoms with Crippen molar-refractivity contribution in [2.24, 2.45) is 0 Å². The minimum atomic E-state index is -5.00. The number of hydrogen-bond acceptors (Lipinski definition) is 2. The standard InChI is InChI=1S/C26H23F6N3OS/c1-16(23(36)35(2)22(17-9-5-3-6-10-17)18-11-7-4-8-12-18)33-24(37)34-21-14-19(25(27,28)29)13-20(15-21)26(30,31)32/h3-16,22H,1-2H3,(H2,33,34,37). The van der Waals surface area contributed by atoms with Crippen molar-refractivity contribution in [3.63, 3.8) is 0 Å². The summed E-state index contributed by atoms with van der Waals surface area (Å²) in [6.45, 7) is 1.49. The Balaban J connectivity index is 1.78. The molecular formula is C26H23F6N3OS. The fourth-order valence-electron chi connectivity index (χ4n) is 3.80. The van der Waals surface area contributed by atoms with Crippen molar-refractivity contribution >= 4 is 28.9 Å². The number of anilines is 1. The van der Waals surface area contributed by atoms with Crippen molar-refractivity contribution in [1.29, 1.82) is 0 Å². The summed E-state index contributed by atoms with van der Waals surface area (Å²) in [7, 11) is 1.60. The number of nitrogens with one attached hydrogen (secondary N) is 2. The lowest BCUT2D eigenvalue weighted by atomic mass is 9.97. The van der Waals surface area contributed by atoms with E-state index in [2.05, 4.69) is 10.6 Å². The molecule has 37 heavy (non-hydrogen) atoms. The average Bonchev–Trinajstić information content (AvgIpc) is 2.83. The van der Waals surface area contributed by atoms with Crippen LogP contribution in [0.1, 0.15) is 35.2 Å². The molecule has 1 unspecified atom stereocenters. The van der Waals surface area contributed by atoms with Crippen LogP contribution in [0.25, 0.3) is 0 Å². The van der Waals surface area contributed by atoms with Crippen LogP contribution in [0.2, 0.25) is 0 Å². The minimum absolute atomic E-state index is 0.0239. The summed E-state index contributed by atoms with van der Waals surface area (Å²) in [6.07, 6.45) is -9.99. The Labute approximate surface area is 215 Å². The van der Waals surface area contributed by atoms with Gasteiger partial charge < -0.3 is 15.5 Å². The van der Waals surface area contributed by atoms with E-state index in [1.807, 2.05) is 60.7 Å². The maximum absolute atomic E-state index is 13.3. The van der Waals surface area contributed by atoms with Crippen LogP contribution in [0.4, 0.5) is 32.0 Å². The minimum Gasteiger partial charge on any atom is -0.351 e. The van der Waals surface area contributed by atoms with E-state index in [1.54, 1.807) is 7.05 Å². The van der Waals surface area contributed by atoms with Crippen molar-refractivity contribution in [3.05, 3.63) is 101 Å². The number of thiocarbonyl (C=S) groups is 1. The highest BCUT2D eigenvalue weighted by Gasteiger charge is 2.37. The molecule has 3 aromatic carbocycles. The lowest BCUT2D eigenvalue weighted by Crippen LogP contribution is -2.48. The van der Waals surface area contributed by atoms with Gasteiger partial charge in [0.25, 0.3) is 0 Å². The van der Waals surface area contributed by atoms with Crippen LogP contribution in [-0.4, -0.2) is 29.0 Å². The van der Waals surface area contributed by atoms with Gasteiger partial charge in [0.2, 0.25) is 5.91 Å². The maximum atomic E-state index is 13.3. The fraction of sp³-hybridized carbons (Fsp3) is 0.231. The van der Waals surface area contributed by atoms with E-state index in [9.17, 15) is 31.1 Å².